The standard InChI is InChI=1S/C22H33N3O3.HI/c1-3-14-27-21-9-5-4-7-18(21)16-24-22(23-2)25-12-10-19(11-13-25)28-17-20-8-6-15-26-20;/h3-5,7,9,19-20H,1,6,8,10-17H2,2H3,(H,23,24);1H. The number of nitrogens with zero attached hydrogens (tertiary/aromatic N) is 2. The number of hydrogen-bond donors (Lipinski definition) is 1. The molecular formula is C22H34IN3O3. The van der Waals surface area contributed by atoms with Gasteiger partial charge in [0.05, 0.1) is 18.8 Å². The number of para-hydroxylation sites is 1. The van der Waals surface area contributed by atoms with Gasteiger partial charge in [-0.3, -0.25) is 4.99 Å². The van der Waals surface area contributed by atoms with Crippen molar-refractivity contribution in [2.24, 2.45) is 4.99 Å². The van der Waals surface area contributed by atoms with E-state index in [-0.39, 0.29) is 24.0 Å². The first-order valence-corrected chi connectivity index (χ1v) is 10.3. The first-order valence-electron chi connectivity index (χ1n) is 10.3. The second-order valence-corrected chi connectivity index (χ2v) is 7.26. The molecule has 29 heavy (non-hydrogen) atoms. The highest BCUT2D eigenvalue weighted by atomic mass is 127. The molecule has 0 spiro atoms. The SMILES string of the molecule is C=CCOc1ccccc1CNC(=NC)N1CCC(OCC2CCCO2)CC1.I. The van der Waals surface area contributed by atoms with E-state index >= 15 is 0 Å². The smallest absolute Gasteiger partial charge is 0.193 e. The zero-order chi connectivity index (χ0) is 19.6. The van der Waals surface area contributed by atoms with E-state index in [1.165, 1.54) is 0 Å². The minimum absolute atomic E-state index is 0. The Labute approximate surface area is 191 Å². The predicted octanol–water partition coefficient (Wildman–Crippen LogP) is 3.60. The van der Waals surface area contributed by atoms with Crippen LogP contribution in [0.3, 0.4) is 0 Å². The van der Waals surface area contributed by atoms with Crippen molar-refractivity contribution in [1.29, 1.82) is 0 Å². The van der Waals surface area contributed by atoms with Crippen LogP contribution in [0.4, 0.5) is 0 Å². The molecule has 0 aliphatic carbocycles. The molecule has 2 heterocycles. The van der Waals surface area contributed by atoms with Gasteiger partial charge in [-0.15, -0.1) is 24.0 Å². The van der Waals surface area contributed by atoms with Crippen LogP contribution in [-0.4, -0.2) is 63.0 Å². The van der Waals surface area contributed by atoms with E-state index in [1.54, 1.807) is 6.08 Å². The van der Waals surface area contributed by atoms with Crippen molar-refractivity contribution in [2.45, 2.75) is 44.4 Å². The largest absolute Gasteiger partial charge is 0.489 e. The number of guanidine groups is 1. The zero-order valence-electron chi connectivity index (χ0n) is 17.3. The maximum atomic E-state index is 6.07. The maximum absolute atomic E-state index is 6.07. The van der Waals surface area contributed by atoms with E-state index < -0.39 is 0 Å². The second-order valence-electron chi connectivity index (χ2n) is 7.26. The summed E-state index contributed by atoms with van der Waals surface area (Å²) in [6.45, 7) is 8.41. The van der Waals surface area contributed by atoms with Crippen molar-refractivity contribution in [3.8, 4) is 5.75 Å². The molecule has 1 aromatic rings. The van der Waals surface area contributed by atoms with Gasteiger partial charge in [-0.25, -0.2) is 0 Å². The molecule has 1 N–H and O–H groups in total. The molecule has 162 valence electrons. The minimum Gasteiger partial charge on any atom is -0.489 e. The number of piperidine rings is 1. The number of benzene rings is 1. The van der Waals surface area contributed by atoms with Gasteiger partial charge in [-0.1, -0.05) is 30.9 Å². The molecule has 7 heteroatoms. The molecule has 0 bridgehead atoms. The predicted molar refractivity (Wildman–Crippen MR) is 127 cm³/mol. The molecule has 2 aliphatic heterocycles. The Morgan fingerprint density at radius 3 is 2.79 bits per heavy atom. The first-order chi connectivity index (χ1) is 13.8. The van der Waals surface area contributed by atoms with Gasteiger partial charge in [0.2, 0.25) is 0 Å². The average molecular weight is 515 g/mol. The zero-order valence-corrected chi connectivity index (χ0v) is 19.7. The van der Waals surface area contributed by atoms with Crippen LogP contribution >= 0.6 is 24.0 Å². The van der Waals surface area contributed by atoms with Crippen LogP contribution in [-0.2, 0) is 16.0 Å². The number of halogens is 1. The van der Waals surface area contributed by atoms with Crippen LogP contribution in [0.1, 0.15) is 31.2 Å². The number of ether oxygens (including phenoxy) is 3. The fraction of sp³-hybridized carbons (Fsp3) is 0.591. The number of likely N-dealkylation sites (tertiary alicyclic amines) is 1. The van der Waals surface area contributed by atoms with Crippen molar-refractivity contribution in [3.05, 3.63) is 42.5 Å². The Balaban J connectivity index is 0.00000300. The Hall–Kier alpha value is -1.32. The fourth-order valence-electron chi connectivity index (χ4n) is 3.70. The molecular weight excluding hydrogens is 481 g/mol. The van der Waals surface area contributed by atoms with Crippen molar-refractivity contribution in [2.75, 3.05) is 40.0 Å². The van der Waals surface area contributed by atoms with E-state index in [0.29, 0.717) is 25.4 Å². The summed E-state index contributed by atoms with van der Waals surface area (Å²) in [4.78, 5) is 6.77. The third kappa shape index (κ3) is 7.46. The number of nitrogens with one attached hydrogen (secondary N) is 1. The molecule has 0 saturated carbocycles. The first kappa shape index (κ1) is 24.0. The van der Waals surface area contributed by atoms with Gasteiger partial charge < -0.3 is 24.4 Å². The minimum atomic E-state index is 0. The van der Waals surface area contributed by atoms with Crippen LogP contribution < -0.4 is 10.1 Å². The molecule has 1 atom stereocenters. The lowest BCUT2D eigenvalue weighted by atomic mass is 10.1. The quantitative estimate of drug-likeness (QED) is 0.248. The van der Waals surface area contributed by atoms with Crippen molar-refractivity contribution < 1.29 is 14.2 Å². The summed E-state index contributed by atoms with van der Waals surface area (Å²) in [5, 5.41) is 3.47. The Morgan fingerprint density at radius 1 is 1.31 bits per heavy atom. The van der Waals surface area contributed by atoms with Crippen molar-refractivity contribution in [1.82, 2.24) is 10.2 Å². The summed E-state index contributed by atoms with van der Waals surface area (Å²) in [7, 11) is 1.84. The maximum Gasteiger partial charge on any atom is 0.193 e. The molecule has 2 saturated heterocycles. The lowest BCUT2D eigenvalue weighted by molar-refractivity contribution is -0.0367. The highest BCUT2D eigenvalue weighted by Gasteiger charge is 2.24. The van der Waals surface area contributed by atoms with Gasteiger partial charge >= 0.3 is 0 Å². The highest BCUT2D eigenvalue weighted by Crippen LogP contribution is 2.19. The van der Waals surface area contributed by atoms with Crippen LogP contribution in [0.25, 0.3) is 0 Å². The normalized spacial score (nSPS) is 20.2. The Kier molecular flexibility index (Phi) is 10.8. The number of rotatable bonds is 8. The fourth-order valence-corrected chi connectivity index (χ4v) is 3.70. The molecule has 3 rings (SSSR count). The van der Waals surface area contributed by atoms with Crippen molar-refractivity contribution in [3.63, 3.8) is 0 Å². The average Bonchev–Trinajstić information content (AvgIpc) is 3.26. The van der Waals surface area contributed by atoms with Crippen LogP contribution in [0.15, 0.2) is 41.9 Å². The summed E-state index contributed by atoms with van der Waals surface area (Å²) in [6.07, 6.45) is 6.72. The van der Waals surface area contributed by atoms with Crippen LogP contribution in [0, 0.1) is 0 Å². The molecule has 2 aliphatic rings. The molecule has 2 fully saturated rings. The molecule has 1 aromatic carbocycles. The third-order valence-corrected chi connectivity index (χ3v) is 5.26. The third-order valence-electron chi connectivity index (χ3n) is 5.26. The van der Waals surface area contributed by atoms with Gasteiger partial charge in [0.15, 0.2) is 5.96 Å². The molecule has 6 nitrogen and oxygen atoms in total. The van der Waals surface area contributed by atoms with E-state index in [0.717, 1.165) is 69.3 Å². The van der Waals surface area contributed by atoms with Gasteiger partial charge in [-0.2, -0.15) is 0 Å². The van der Waals surface area contributed by atoms with E-state index in [1.807, 2.05) is 25.2 Å². The van der Waals surface area contributed by atoms with Crippen LogP contribution in [0.5, 0.6) is 5.75 Å². The highest BCUT2D eigenvalue weighted by molar-refractivity contribution is 14.0. The molecule has 0 amide bonds. The van der Waals surface area contributed by atoms with Gasteiger partial charge in [0, 0.05) is 38.9 Å². The summed E-state index contributed by atoms with van der Waals surface area (Å²) in [6, 6.07) is 8.07. The Morgan fingerprint density at radius 2 is 2.10 bits per heavy atom. The summed E-state index contributed by atoms with van der Waals surface area (Å²) in [5.74, 6) is 1.81. The van der Waals surface area contributed by atoms with Gasteiger partial charge in [-0.05, 0) is 31.7 Å². The summed E-state index contributed by atoms with van der Waals surface area (Å²) >= 11 is 0. The van der Waals surface area contributed by atoms with Crippen molar-refractivity contribution >= 4 is 29.9 Å². The van der Waals surface area contributed by atoms with Gasteiger partial charge in [0.1, 0.15) is 12.4 Å². The van der Waals surface area contributed by atoms with E-state index in [4.69, 9.17) is 14.2 Å². The van der Waals surface area contributed by atoms with E-state index in [2.05, 4.69) is 27.9 Å². The molecule has 0 radical (unpaired) electrons. The lowest BCUT2D eigenvalue weighted by Crippen LogP contribution is -2.47. The summed E-state index contributed by atoms with van der Waals surface area (Å²) in [5.41, 5.74) is 1.11. The molecule has 1 unspecified atom stereocenters. The number of aliphatic imine (C=N–C) groups is 1. The Bertz CT molecular complexity index is 642. The summed E-state index contributed by atoms with van der Waals surface area (Å²) < 4.78 is 17.5. The van der Waals surface area contributed by atoms with Gasteiger partial charge in [0.25, 0.3) is 0 Å². The molecule has 0 aromatic heterocycles. The van der Waals surface area contributed by atoms with Crippen LogP contribution in [0.2, 0.25) is 0 Å². The number of hydrogen-bond acceptors (Lipinski definition) is 4. The monoisotopic (exact) mass is 515 g/mol. The van der Waals surface area contributed by atoms with E-state index in [9.17, 15) is 0 Å². The second kappa shape index (κ2) is 13.1. The lowest BCUT2D eigenvalue weighted by Gasteiger charge is -2.34. The topological polar surface area (TPSA) is 55.3 Å².